The molecular weight excluding hydrogens is 434 g/mol. The van der Waals surface area contributed by atoms with Crippen LogP contribution in [0.4, 0.5) is 5.69 Å². The number of fused-ring (bicyclic) bond motifs is 1. The van der Waals surface area contributed by atoms with Gasteiger partial charge in [-0.05, 0) is 53.1 Å². The summed E-state index contributed by atoms with van der Waals surface area (Å²) in [6.45, 7) is 0. The topological polar surface area (TPSA) is 90.7 Å². The van der Waals surface area contributed by atoms with Crippen LogP contribution in [0.2, 0.25) is 0 Å². The van der Waals surface area contributed by atoms with Gasteiger partial charge in [0, 0.05) is 29.2 Å². The molecule has 0 amide bonds. The molecule has 2 aliphatic rings. The predicted octanol–water partition coefficient (Wildman–Crippen LogP) is 5.65. The van der Waals surface area contributed by atoms with Gasteiger partial charge in [-0.15, -0.1) is 0 Å². The second kappa shape index (κ2) is 10.1. The zero-order chi connectivity index (χ0) is 24.7. The lowest BCUT2D eigenvalue weighted by Crippen LogP contribution is -2.24. The molecule has 5 heteroatoms. The molecule has 35 heavy (non-hydrogen) atoms. The number of nitrogens with zero attached hydrogens (tertiary/aromatic N) is 3. The van der Waals surface area contributed by atoms with Gasteiger partial charge in [0.1, 0.15) is 0 Å². The van der Waals surface area contributed by atoms with E-state index in [1.807, 2.05) is 60.7 Å². The Balaban J connectivity index is 1.47. The Kier molecular flexibility index (Phi) is 6.56. The molecule has 0 N–H and O–H groups in total. The highest BCUT2D eigenvalue weighted by atomic mass is 16.6. The van der Waals surface area contributed by atoms with Crippen molar-refractivity contribution in [2.75, 3.05) is 0 Å². The average molecular weight is 451 g/mol. The molecule has 164 valence electrons. The first-order valence-corrected chi connectivity index (χ1v) is 10.7. The minimum Gasteiger partial charge on any atom is -0.258 e. The number of rotatable bonds is 2. The van der Waals surface area contributed by atoms with Crippen molar-refractivity contribution >= 4 is 11.3 Å². The van der Waals surface area contributed by atoms with E-state index in [1.165, 1.54) is 12.1 Å². The molecule has 0 aliphatic heterocycles. The van der Waals surface area contributed by atoms with E-state index in [0.29, 0.717) is 11.1 Å². The van der Waals surface area contributed by atoms with E-state index in [-0.39, 0.29) is 11.6 Å². The fraction of sp³-hybridized carbons (Fsp3) is 0.0667. The molecule has 0 aromatic heterocycles. The van der Waals surface area contributed by atoms with Gasteiger partial charge in [-0.25, -0.2) is 0 Å². The summed E-state index contributed by atoms with van der Waals surface area (Å²) in [5, 5.41) is 30.6. The quantitative estimate of drug-likeness (QED) is 0.335. The van der Waals surface area contributed by atoms with Crippen molar-refractivity contribution in [2.24, 2.45) is 11.3 Å². The molecule has 0 spiro atoms. The standard InChI is InChI=1S/C30H17N3O2/c31-21-30(22-32)28-11-7-3-6-10-26(28)20-29(30)25-16-12-23(13-17-25)8-4-1-2-5-9-24-14-18-27(19-15-24)33(34)35/h1-3,6-7,10-20,28H/b2-1+. The molecule has 0 bridgehead atoms. The van der Waals surface area contributed by atoms with Crippen molar-refractivity contribution in [3.63, 3.8) is 0 Å². The summed E-state index contributed by atoms with van der Waals surface area (Å²) >= 11 is 0. The predicted molar refractivity (Wildman–Crippen MR) is 134 cm³/mol. The summed E-state index contributed by atoms with van der Waals surface area (Å²) < 4.78 is 0. The largest absolute Gasteiger partial charge is 0.269 e. The van der Waals surface area contributed by atoms with Crippen molar-refractivity contribution in [1.29, 1.82) is 10.5 Å². The van der Waals surface area contributed by atoms with Crippen molar-refractivity contribution < 1.29 is 4.92 Å². The van der Waals surface area contributed by atoms with Gasteiger partial charge < -0.3 is 0 Å². The van der Waals surface area contributed by atoms with Crippen LogP contribution in [0.3, 0.4) is 0 Å². The minimum absolute atomic E-state index is 0.0259. The lowest BCUT2D eigenvalue weighted by atomic mass is 9.73. The number of allylic oxidation sites excluding steroid dienone is 10. The Morgan fingerprint density at radius 2 is 1.46 bits per heavy atom. The third kappa shape index (κ3) is 4.72. The third-order valence-electron chi connectivity index (χ3n) is 5.69. The highest BCUT2D eigenvalue weighted by Crippen LogP contribution is 2.51. The van der Waals surface area contributed by atoms with Crippen LogP contribution in [-0.2, 0) is 0 Å². The van der Waals surface area contributed by atoms with E-state index in [1.54, 1.807) is 24.3 Å². The maximum atomic E-state index is 10.7. The Labute approximate surface area is 203 Å². The number of non-ortho nitro benzene ring substituents is 1. The van der Waals surface area contributed by atoms with Gasteiger partial charge >= 0.3 is 0 Å². The molecular formula is C30H17N3O2. The number of nitro benzene ring substituents is 1. The van der Waals surface area contributed by atoms with E-state index in [9.17, 15) is 20.6 Å². The van der Waals surface area contributed by atoms with Crippen molar-refractivity contribution in [2.45, 2.75) is 0 Å². The van der Waals surface area contributed by atoms with Gasteiger partial charge in [-0.1, -0.05) is 72.3 Å². The van der Waals surface area contributed by atoms with Crippen LogP contribution in [0, 0.1) is 67.8 Å². The minimum atomic E-state index is -1.27. The fourth-order valence-electron chi connectivity index (χ4n) is 3.93. The second-order valence-electron chi connectivity index (χ2n) is 7.76. The van der Waals surface area contributed by atoms with E-state index in [0.717, 1.165) is 16.7 Å². The first kappa shape index (κ1) is 22.8. The maximum absolute atomic E-state index is 10.7. The van der Waals surface area contributed by atoms with Crippen LogP contribution in [0.25, 0.3) is 5.57 Å². The van der Waals surface area contributed by atoms with Crippen LogP contribution in [-0.4, -0.2) is 4.92 Å². The van der Waals surface area contributed by atoms with Gasteiger partial charge in [0.25, 0.3) is 5.69 Å². The third-order valence-corrected chi connectivity index (χ3v) is 5.69. The SMILES string of the molecule is N#CC1(C#N)C(c2ccc(C#C/C=C/C#Cc3ccc([N+](=O)[O-])cc3)cc2)=CC2=CC=CC=CC21. The van der Waals surface area contributed by atoms with Crippen molar-refractivity contribution in [1.82, 2.24) is 0 Å². The molecule has 1 unspecified atom stereocenters. The number of benzene rings is 2. The first-order valence-electron chi connectivity index (χ1n) is 10.7. The van der Waals surface area contributed by atoms with Crippen LogP contribution >= 0.6 is 0 Å². The summed E-state index contributed by atoms with van der Waals surface area (Å²) in [7, 11) is 0. The van der Waals surface area contributed by atoms with Gasteiger partial charge in [-0.2, -0.15) is 10.5 Å². The van der Waals surface area contributed by atoms with Crippen molar-refractivity contribution in [3.8, 4) is 35.8 Å². The molecule has 5 nitrogen and oxygen atoms in total. The van der Waals surface area contributed by atoms with Gasteiger partial charge in [-0.3, -0.25) is 10.1 Å². The molecule has 2 aromatic carbocycles. The number of nitro groups is 1. The molecule has 2 aliphatic carbocycles. The fourth-order valence-corrected chi connectivity index (χ4v) is 3.93. The van der Waals surface area contributed by atoms with Crippen LogP contribution < -0.4 is 0 Å². The second-order valence-corrected chi connectivity index (χ2v) is 7.76. The van der Waals surface area contributed by atoms with Gasteiger partial charge in [0.05, 0.1) is 17.1 Å². The number of hydrogen-bond acceptors (Lipinski definition) is 4. The first-order chi connectivity index (χ1) is 17.1. The lowest BCUT2D eigenvalue weighted by Gasteiger charge is -2.23. The van der Waals surface area contributed by atoms with E-state index in [2.05, 4.69) is 35.8 Å². The lowest BCUT2D eigenvalue weighted by molar-refractivity contribution is -0.384. The normalized spacial score (nSPS) is 16.8. The summed E-state index contributed by atoms with van der Waals surface area (Å²) in [6.07, 6.45) is 14.7. The molecule has 0 radical (unpaired) electrons. The highest BCUT2D eigenvalue weighted by molar-refractivity contribution is 5.83. The zero-order valence-corrected chi connectivity index (χ0v) is 18.5. The average Bonchev–Trinajstić information content (AvgIpc) is 3.01. The molecule has 4 rings (SSSR count). The van der Waals surface area contributed by atoms with Crippen LogP contribution in [0.5, 0.6) is 0 Å². The van der Waals surface area contributed by atoms with Gasteiger partial charge in [0.2, 0.25) is 0 Å². The van der Waals surface area contributed by atoms with E-state index < -0.39 is 10.3 Å². The summed E-state index contributed by atoms with van der Waals surface area (Å²) in [5.41, 5.74) is 2.67. The molecule has 0 heterocycles. The molecule has 1 atom stereocenters. The monoisotopic (exact) mass is 451 g/mol. The Bertz CT molecular complexity index is 1520. The number of nitriles is 2. The highest BCUT2D eigenvalue weighted by Gasteiger charge is 2.48. The summed E-state index contributed by atoms with van der Waals surface area (Å²) in [4.78, 5) is 10.2. The molecule has 0 fully saturated rings. The summed E-state index contributed by atoms with van der Waals surface area (Å²) in [5.74, 6) is 11.4. The zero-order valence-electron chi connectivity index (χ0n) is 18.5. The van der Waals surface area contributed by atoms with Crippen molar-refractivity contribution in [3.05, 3.63) is 130 Å². The molecule has 0 saturated heterocycles. The Morgan fingerprint density at radius 3 is 2.03 bits per heavy atom. The van der Waals surface area contributed by atoms with E-state index in [4.69, 9.17) is 0 Å². The Hall–Kier alpha value is -5.36. The molecule has 0 saturated carbocycles. The number of hydrogen-bond donors (Lipinski definition) is 0. The van der Waals surface area contributed by atoms with E-state index >= 15 is 0 Å². The maximum Gasteiger partial charge on any atom is 0.269 e. The van der Waals surface area contributed by atoms with Crippen LogP contribution in [0.1, 0.15) is 16.7 Å². The summed E-state index contributed by atoms with van der Waals surface area (Å²) in [6, 6.07) is 18.0. The Morgan fingerprint density at radius 1 is 0.857 bits per heavy atom. The molecule has 2 aromatic rings. The van der Waals surface area contributed by atoms with Gasteiger partial charge in [0.15, 0.2) is 5.41 Å². The van der Waals surface area contributed by atoms with Crippen LogP contribution in [0.15, 0.2) is 103 Å². The smallest absolute Gasteiger partial charge is 0.258 e.